The average molecular weight is 513 g/mol. The van der Waals surface area contributed by atoms with E-state index < -0.39 is 35.8 Å². The first-order valence-corrected chi connectivity index (χ1v) is 12.1. The number of esters is 3. The predicted molar refractivity (Wildman–Crippen MR) is 117 cm³/mol. The SMILES string of the molecule is O=C(O)CCC(=O)OCCSCC(COC(=O)CCC(=O)O)SCCOC(=O)CCC(=O)O. The molecule has 0 aliphatic heterocycles. The van der Waals surface area contributed by atoms with E-state index >= 15 is 0 Å². The van der Waals surface area contributed by atoms with Gasteiger partial charge in [-0.15, -0.1) is 0 Å². The van der Waals surface area contributed by atoms with Crippen LogP contribution in [0.15, 0.2) is 0 Å². The van der Waals surface area contributed by atoms with Crippen LogP contribution in [0.25, 0.3) is 0 Å². The van der Waals surface area contributed by atoms with Gasteiger partial charge in [0.1, 0.15) is 19.8 Å². The van der Waals surface area contributed by atoms with Gasteiger partial charge in [-0.3, -0.25) is 28.8 Å². The largest absolute Gasteiger partial charge is 0.481 e. The molecule has 3 N–H and O–H groups in total. The number of hydrogen-bond acceptors (Lipinski definition) is 11. The Morgan fingerprint density at radius 2 is 1.03 bits per heavy atom. The van der Waals surface area contributed by atoms with Gasteiger partial charge in [-0.2, -0.15) is 23.5 Å². The molecule has 0 saturated carbocycles. The zero-order valence-corrected chi connectivity index (χ0v) is 19.5. The van der Waals surface area contributed by atoms with Crippen LogP contribution >= 0.6 is 23.5 Å². The summed E-state index contributed by atoms with van der Waals surface area (Å²) >= 11 is 2.75. The second kappa shape index (κ2) is 19.0. The molecule has 0 aromatic carbocycles. The molecule has 0 saturated heterocycles. The van der Waals surface area contributed by atoms with Crippen LogP contribution in [-0.4, -0.2) is 93.5 Å². The molecule has 33 heavy (non-hydrogen) atoms. The molecule has 0 spiro atoms. The van der Waals surface area contributed by atoms with Gasteiger partial charge in [0.05, 0.1) is 38.5 Å². The van der Waals surface area contributed by atoms with Crippen LogP contribution < -0.4 is 0 Å². The van der Waals surface area contributed by atoms with E-state index in [2.05, 4.69) is 0 Å². The van der Waals surface area contributed by atoms with Gasteiger partial charge in [-0.05, 0) is 0 Å². The number of aliphatic carboxylic acids is 3. The molecule has 0 amide bonds. The van der Waals surface area contributed by atoms with Crippen molar-refractivity contribution in [3.8, 4) is 0 Å². The number of rotatable bonds is 20. The molecule has 0 bridgehead atoms. The minimum atomic E-state index is -1.11. The Bertz CT molecular complexity index is 667. The van der Waals surface area contributed by atoms with Crippen molar-refractivity contribution in [3.63, 3.8) is 0 Å². The van der Waals surface area contributed by atoms with E-state index in [4.69, 9.17) is 29.5 Å². The predicted octanol–water partition coefficient (Wildman–Crippen LogP) is 1.05. The van der Waals surface area contributed by atoms with Gasteiger partial charge in [0.2, 0.25) is 0 Å². The van der Waals surface area contributed by atoms with E-state index in [9.17, 15) is 28.8 Å². The van der Waals surface area contributed by atoms with E-state index in [0.717, 1.165) is 0 Å². The number of carboxylic acid groups (broad SMARTS) is 3. The molecule has 0 radical (unpaired) electrons. The summed E-state index contributed by atoms with van der Waals surface area (Å²) in [6.45, 7) is 0.125. The Labute approximate surface area is 198 Å². The Morgan fingerprint density at radius 1 is 0.606 bits per heavy atom. The van der Waals surface area contributed by atoms with E-state index in [1.807, 2.05) is 0 Å². The molecule has 0 aliphatic rings. The summed E-state index contributed by atoms with van der Waals surface area (Å²) in [5.74, 6) is -3.93. The fraction of sp³-hybridized carbons (Fsp3) is 0.684. The summed E-state index contributed by atoms with van der Waals surface area (Å²) in [7, 11) is 0. The number of carboxylic acids is 3. The first-order chi connectivity index (χ1) is 15.6. The Hall–Kier alpha value is -2.48. The van der Waals surface area contributed by atoms with Crippen LogP contribution in [0.1, 0.15) is 38.5 Å². The van der Waals surface area contributed by atoms with Gasteiger partial charge >= 0.3 is 35.8 Å². The highest BCUT2D eigenvalue weighted by molar-refractivity contribution is 8.03. The van der Waals surface area contributed by atoms with Gasteiger partial charge in [0.15, 0.2) is 0 Å². The molecule has 0 aromatic heterocycles. The monoisotopic (exact) mass is 512 g/mol. The molecule has 188 valence electrons. The minimum absolute atomic E-state index is 0.00147. The molecular formula is C19H28O12S2. The van der Waals surface area contributed by atoms with Gasteiger partial charge < -0.3 is 29.5 Å². The summed E-state index contributed by atoms with van der Waals surface area (Å²) in [6, 6.07) is 0. The fourth-order valence-electron chi connectivity index (χ4n) is 1.97. The molecular weight excluding hydrogens is 484 g/mol. The Balaban J connectivity index is 4.31. The lowest BCUT2D eigenvalue weighted by Gasteiger charge is -2.16. The molecule has 1 atom stereocenters. The summed E-state index contributed by atoms with van der Waals surface area (Å²) in [5, 5.41) is 25.5. The van der Waals surface area contributed by atoms with Crippen molar-refractivity contribution in [2.45, 2.75) is 43.8 Å². The van der Waals surface area contributed by atoms with Crippen molar-refractivity contribution in [2.24, 2.45) is 0 Å². The lowest BCUT2D eigenvalue weighted by atomic mass is 10.3. The smallest absolute Gasteiger partial charge is 0.306 e. The number of thioether (sulfide) groups is 2. The minimum Gasteiger partial charge on any atom is -0.481 e. The molecule has 0 heterocycles. The van der Waals surface area contributed by atoms with Gasteiger partial charge in [0, 0.05) is 22.5 Å². The van der Waals surface area contributed by atoms with Crippen LogP contribution in [0.3, 0.4) is 0 Å². The lowest BCUT2D eigenvalue weighted by molar-refractivity contribution is -0.147. The van der Waals surface area contributed by atoms with Crippen LogP contribution in [0.5, 0.6) is 0 Å². The maximum absolute atomic E-state index is 11.6. The highest BCUT2D eigenvalue weighted by Crippen LogP contribution is 2.18. The Morgan fingerprint density at radius 3 is 1.48 bits per heavy atom. The van der Waals surface area contributed by atoms with E-state index in [0.29, 0.717) is 17.3 Å². The summed E-state index contributed by atoms with van der Waals surface area (Å²) < 4.78 is 15.0. The van der Waals surface area contributed by atoms with Gasteiger partial charge in [0.25, 0.3) is 0 Å². The molecule has 1 unspecified atom stereocenters. The van der Waals surface area contributed by atoms with E-state index in [-0.39, 0.29) is 63.6 Å². The van der Waals surface area contributed by atoms with Crippen LogP contribution in [-0.2, 0) is 43.0 Å². The van der Waals surface area contributed by atoms with Crippen LogP contribution in [0.2, 0.25) is 0 Å². The Kier molecular flexibility index (Phi) is 17.6. The molecule has 0 fully saturated rings. The third-order valence-corrected chi connectivity index (χ3v) is 6.03. The van der Waals surface area contributed by atoms with Crippen molar-refractivity contribution >= 4 is 59.3 Å². The maximum atomic E-state index is 11.6. The third-order valence-electron chi connectivity index (χ3n) is 3.55. The number of hydrogen-bond donors (Lipinski definition) is 3. The van der Waals surface area contributed by atoms with Crippen molar-refractivity contribution in [2.75, 3.05) is 37.1 Å². The lowest BCUT2D eigenvalue weighted by Crippen LogP contribution is -2.21. The zero-order valence-electron chi connectivity index (χ0n) is 17.9. The van der Waals surface area contributed by atoms with Crippen LogP contribution in [0.4, 0.5) is 0 Å². The maximum Gasteiger partial charge on any atom is 0.306 e. The average Bonchev–Trinajstić information content (AvgIpc) is 2.74. The second-order valence-corrected chi connectivity index (χ2v) is 8.93. The summed E-state index contributed by atoms with van der Waals surface area (Å²) in [6.07, 6.45) is -1.67. The van der Waals surface area contributed by atoms with Crippen LogP contribution in [0, 0.1) is 0 Å². The van der Waals surface area contributed by atoms with Crippen molar-refractivity contribution < 1.29 is 58.3 Å². The summed E-state index contributed by atoms with van der Waals surface area (Å²) in [4.78, 5) is 65.8. The topological polar surface area (TPSA) is 191 Å². The second-order valence-electron chi connectivity index (χ2n) is 6.37. The number of ether oxygens (including phenoxy) is 3. The quantitative estimate of drug-likeness (QED) is 0.119. The first-order valence-electron chi connectivity index (χ1n) is 9.91. The number of carbonyl (C=O) groups excluding carboxylic acids is 3. The van der Waals surface area contributed by atoms with Crippen molar-refractivity contribution in [1.29, 1.82) is 0 Å². The fourth-order valence-corrected chi connectivity index (χ4v) is 4.05. The molecule has 0 rings (SSSR count). The van der Waals surface area contributed by atoms with E-state index in [1.54, 1.807) is 0 Å². The van der Waals surface area contributed by atoms with Crippen molar-refractivity contribution in [1.82, 2.24) is 0 Å². The zero-order chi connectivity index (χ0) is 25.1. The molecule has 0 aliphatic carbocycles. The highest BCUT2D eigenvalue weighted by atomic mass is 32.2. The van der Waals surface area contributed by atoms with E-state index in [1.165, 1.54) is 23.5 Å². The normalized spacial score (nSPS) is 11.3. The molecule has 14 heteroatoms. The number of carbonyl (C=O) groups is 6. The third kappa shape index (κ3) is 21.1. The van der Waals surface area contributed by atoms with Crippen molar-refractivity contribution in [3.05, 3.63) is 0 Å². The van der Waals surface area contributed by atoms with Gasteiger partial charge in [-0.1, -0.05) is 0 Å². The first kappa shape index (κ1) is 30.5. The summed E-state index contributed by atoms with van der Waals surface area (Å²) in [5.41, 5.74) is 0. The standard InChI is InChI=1S/C19H28O12S2/c20-14(21)1-4-17(26)29-7-9-32-12-13(11-31-19(28)6-3-16(24)25)33-10-8-30-18(27)5-2-15(22)23/h13H,1-12H2,(H,20,21)(H,22,23)(H,24,25). The highest BCUT2D eigenvalue weighted by Gasteiger charge is 2.15. The van der Waals surface area contributed by atoms with Gasteiger partial charge in [-0.25, -0.2) is 0 Å². The molecule has 12 nitrogen and oxygen atoms in total. The molecule has 0 aromatic rings.